The van der Waals surface area contributed by atoms with Gasteiger partial charge in [0.2, 0.25) is 0 Å². The Labute approximate surface area is 722 Å². The highest BCUT2D eigenvalue weighted by Gasteiger charge is 2.74. The number of ether oxygens (including phenoxy) is 6. The van der Waals surface area contributed by atoms with Crippen molar-refractivity contribution in [1.82, 2.24) is 117 Å². The molecule has 12 aromatic heterocycles. The minimum absolute atomic E-state index is 0.0611. The molecule has 0 aromatic carbocycles. The number of carbonyl (C=O) groups is 3. The Balaban J connectivity index is 0.000000101. The fourth-order valence-corrected chi connectivity index (χ4v) is 19.3. The van der Waals surface area contributed by atoms with Crippen molar-refractivity contribution >= 4 is 119 Å². The van der Waals surface area contributed by atoms with E-state index < -0.39 is 174 Å². The lowest BCUT2D eigenvalue weighted by atomic mass is 9.71. The first-order valence-electron chi connectivity index (χ1n) is 40.9. The van der Waals surface area contributed by atoms with Gasteiger partial charge >= 0.3 is 0 Å². The van der Waals surface area contributed by atoms with Gasteiger partial charge in [-0.15, -0.1) is 0 Å². The van der Waals surface area contributed by atoms with E-state index in [0.29, 0.717) is 118 Å². The number of aromatic nitrogens is 24. The average Bonchev–Trinajstić information content (AvgIpc) is 1.54. The summed E-state index contributed by atoms with van der Waals surface area (Å²) in [5.41, 5.74) is 39.1. The van der Waals surface area contributed by atoms with Gasteiger partial charge in [-0.1, -0.05) is 0 Å². The number of ketones is 3. The first kappa shape index (κ1) is 86.6. The number of aliphatic hydroxyl groups excluding tert-OH is 14. The Morgan fingerprint density at radius 1 is 0.287 bits per heavy atom. The summed E-state index contributed by atoms with van der Waals surface area (Å²) >= 11 is 0. The standard InChI is InChI=1S/3C13H15N5O4.C12H16N6O3.2C12H15N5O4/c3*1-5(19)6-2-13(6)9(21)8(20)12(22-13)18-4-17-7-10(14)15-3-16-11(7)18;13-5-1-2-12(5)8(20)7(19)11(21-12)18-4-17-6-9(14)15-3-16-10(6)18;2*13-9-6-10(15-3-14-9)17(4-16-6)11-7(19)8(20)12(21-11)2-1-5(12)18/h3*3-4,6,8-9,12,20-21H,2H2,1H3,(H2,14,15,16);3-5,7-8,11,19-20H,1-2,13H2,(H2,14,15,16);2*3-5,7-8,11,18-20H,1-2H2,(H2,13,14,15)/t6-,8+,9?,12-,13+;6-,8+,9?,12-,13-;6-,8-,9?,12+,13-;2*5-,7+,8?,11-,12-;5-,7-,8?,11+,12+/m110110/s1. The summed E-state index contributed by atoms with van der Waals surface area (Å²) in [5, 5.41) is 143. The first-order valence-corrected chi connectivity index (χ1v) is 40.9. The molecule has 6 saturated carbocycles. The third-order valence-corrected chi connectivity index (χ3v) is 27.3. The van der Waals surface area contributed by atoms with Crippen molar-refractivity contribution < 1.29 is 114 Å². The number of carbonyl (C=O) groups excluding carboxylic acids is 3. The number of anilines is 6. The zero-order valence-corrected chi connectivity index (χ0v) is 68.4. The molecule has 12 aliphatic rings. The molecule has 129 heavy (non-hydrogen) atoms. The SMILES string of the molecule is CC(=O)[C@@H]1C[C@]12O[C@@H](n1cnc3c(N)ncnc31)[C@@H](O)C2O.CC(=O)[C@H]1C[C@@]12O[C@@H](n1cnc3c(N)ncnc31)[C@@H](O)C2O.CC(=O)[C@H]1C[C@]12O[C@@H](n1cnc3c(N)ncnc31)[C@@H](O)C2O.Nc1ncnc2c1ncn2[C@@H]1O[C@@]2(CC[C@@H]2O)C(O)[C@@H]1O.Nc1ncnc2c1ncn2[C@@H]1O[C@@]2(CC[C@H]2N)C(O)[C@@H]1O.Nc1ncnc2c1ncn2[C@@H]1O[C@@]2(CC[C@H]2O)C(O)[C@@H]1O. The Hall–Kier alpha value is -11.7. The molecule has 18 heterocycles. The molecule has 6 aliphatic carbocycles. The predicted molar refractivity (Wildman–Crippen MR) is 432 cm³/mol. The van der Waals surface area contributed by atoms with Crippen molar-refractivity contribution in [3.05, 3.63) is 75.9 Å². The number of aliphatic hydroxyl groups is 14. The number of nitrogen functional groups attached to an aromatic ring is 6. The molecule has 684 valence electrons. The highest BCUT2D eigenvalue weighted by Crippen LogP contribution is 2.61. The molecule has 24 rings (SSSR count). The van der Waals surface area contributed by atoms with E-state index in [9.17, 15) is 85.9 Å². The third kappa shape index (κ3) is 13.2. The number of fused-ring (bicyclic) bond motifs is 6. The summed E-state index contributed by atoms with van der Waals surface area (Å²) in [7, 11) is 0. The highest BCUT2D eigenvalue weighted by molar-refractivity contribution is 5.87. The molecule has 6 spiro atoms. The fourth-order valence-electron chi connectivity index (χ4n) is 19.3. The Bertz CT molecular complexity index is 5790. The van der Waals surface area contributed by atoms with Crippen LogP contribution in [0, 0.1) is 17.8 Å². The van der Waals surface area contributed by atoms with Crippen LogP contribution in [0.3, 0.4) is 0 Å². The quantitative estimate of drug-likeness (QED) is 0.0638. The number of hydrogen-bond donors (Lipinski definition) is 21. The number of imidazole rings is 6. The van der Waals surface area contributed by atoms with E-state index in [4.69, 9.17) is 68.6 Å². The fraction of sp³-hybridized carbons (Fsp3) is 0.560. The van der Waals surface area contributed by atoms with E-state index in [0.717, 1.165) is 6.42 Å². The molecule has 12 aromatic rings. The van der Waals surface area contributed by atoms with Gasteiger partial charge in [-0.3, -0.25) is 41.8 Å². The van der Waals surface area contributed by atoms with Crippen molar-refractivity contribution in [3.8, 4) is 0 Å². The van der Waals surface area contributed by atoms with Crippen LogP contribution in [0.1, 0.15) is 116 Å². The molecular weight excluding hydrogens is 1700 g/mol. The van der Waals surface area contributed by atoms with Crippen molar-refractivity contribution in [2.75, 3.05) is 34.4 Å². The predicted octanol–water partition coefficient (Wildman–Crippen LogP) is -7.36. The molecule has 12 fully saturated rings. The van der Waals surface area contributed by atoms with Crippen LogP contribution in [0.5, 0.6) is 0 Å². The molecule has 30 atom stereocenters. The van der Waals surface area contributed by atoms with Gasteiger partial charge in [-0.2, -0.15) is 0 Å². The van der Waals surface area contributed by atoms with Gasteiger partial charge in [-0.25, -0.2) is 89.7 Å². The zero-order valence-electron chi connectivity index (χ0n) is 68.4. The van der Waals surface area contributed by atoms with Gasteiger partial charge in [0.1, 0.15) is 195 Å². The second kappa shape index (κ2) is 31.3. The van der Waals surface area contributed by atoms with Crippen LogP contribution in [0.15, 0.2) is 75.9 Å². The largest absolute Gasteiger partial charge is 0.390 e. The maximum Gasteiger partial charge on any atom is 0.167 e. The number of nitrogens with two attached hydrogens (primary N) is 7. The molecule has 6 unspecified atom stereocenters. The normalized spacial score (nSPS) is 38.0. The number of hydrogen-bond acceptors (Lipinski definition) is 48. The number of Topliss-reactive ketones (excluding diaryl/α,β-unsaturated/α-hetero) is 3. The Morgan fingerprint density at radius 2 is 0.473 bits per heavy atom. The molecule has 28 N–H and O–H groups in total. The molecule has 54 heteroatoms. The first-order chi connectivity index (χ1) is 61.5. The molecular formula is C75H91N31O23. The van der Waals surface area contributed by atoms with E-state index >= 15 is 0 Å². The van der Waals surface area contributed by atoms with E-state index in [-0.39, 0.29) is 58.3 Å². The molecule has 0 radical (unpaired) electrons. The van der Waals surface area contributed by atoms with Crippen LogP contribution in [0.2, 0.25) is 0 Å². The van der Waals surface area contributed by atoms with Gasteiger partial charge in [-0.05, 0) is 78.6 Å². The Morgan fingerprint density at radius 3 is 0.620 bits per heavy atom. The summed E-state index contributed by atoms with van der Waals surface area (Å²) in [6.07, 6.45) is 0.481. The topological polar surface area (TPSA) is 834 Å². The highest BCUT2D eigenvalue weighted by atomic mass is 16.6. The minimum Gasteiger partial charge on any atom is -0.390 e. The monoisotopic (exact) mass is 1790 g/mol. The maximum atomic E-state index is 11.5. The van der Waals surface area contributed by atoms with Crippen molar-refractivity contribution in [1.29, 1.82) is 0 Å². The average molecular weight is 1790 g/mol. The Kier molecular flexibility index (Phi) is 21.0. The second-order valence-corrected chi connectivity index (χ2v) is 34.2. The van der Waals surface area contributed by atoms with Gasteiger partial charge in [0.05, 0.1) is 67.9 Å². The van der Waals surface area contributed by atoms with Crippen LogP contribution >= 0.6 is 0 Å². The van der Waals surface area contributed by atoms with E-state index in [1.165, 1.54) is 120 Å². The molecule has 0 amide bonds. The molecule has 0 bridgehead atoms. The van der Waals surface area contributed by atoms with E-state index in [1.807, 2.05) is 0 Å². The third-order valence-electron chi connectivity index (χ3n) is 27.3. The molecule has 54 nitrogen and oxygen atoms in total. The van der Waals surface area contributed by atoms with E-state index in [1.54, 1.807) is 4.57 Å². The maximum absolute atomic E-state index is 11.5. The minimum atomic E-state index is -1.19. The smallest absolute Gasteiger partial charge is 0.167 e. The van der Waals surface area contributed by atoms with Crippen LogP contribution in [-0.4, -0.2) is 331 Å². The summed E-state index contributed by atoms with van der Waals surface area (Å²) in [6, 6.07) is -0.290. The van der Waals surface area contributed by atoms with Crippen LogP contribution < -0.4 is 40.1 Å². The number of nitrogens with zero attached hydrogens (tertiary/aromatic N) is 24. The summed E-state index contributed by atoms with van der Waals surface area (Å²) in [5.74, 6) is 0.0116. The van der Waals surface area contributed by atoms with Crippen LogP contribution in [0.25, 0.3) is 67.0 Å². The zero-order chi connectivity index (χ0) is 91.3. The van der Waals surface area contributed by atoms with Gasteiger partial charge in [0, 0.05) is 6.04 Å². The second-order valence-electron chi connectivity index (χ2n) is 34.2. The van der Waals surface area contributed by atoms with Crippen molar-refractivity contribution in [3.63, 3.8) is 0 Å². The molecule has 6 saturated heterocycles. The number of rotatable bonds is 9. The van der Waals surface area contributed by atoms with Crippen LogP contribution in [0.4, 0.5) is 34.9 Å². The van der Waals surface area contributed by atoms with Crippen molar-refractivity contribution in [2.45, 2.75) is 241 Å². The summed E-state index contributed by atoms with van der Waals surface area (Å²) in [6.45, 7) is 4.36. The van der Waals surface area contributed by atoms with Crippen LogP contribution in [-0.2, 0) is 42.8 Å². The van der Waals surface area contributed by atoms with Gasteiger partial charge in [0.15, 0.2) is 106 Å². The van der Waals surface area contributed by atoms with Gasteiger partial charge < -0.3 is 140 Å². The lowest BCUT2D eigenvalue weighted by Crippen LogP contribution is -2.63. The lowest BCUT2D eigenvalue weighted by Gasteiger charge is -2.46. The van der Waals surface area contributed by atoms with E-state index in [2.05, 4.69) is 89.7 Å². The summed E-state index contributed by atoms with van der Waals surface area (Å²) < 4.78 is 44.1. The molecule has 6 aliphatic heterocycles. The van der Waals surface area contributed by atoms with Gasteiger partial charge in [0.25, 0.3) is 0 Å². The summed E-state index contributed by atoms with van der Waals surface area (Å²) in [4.78, 5) is 107. The lowest BCUT2D eigenvalue weighted by molar-refractivity contribution is -0.213. The van der Waals surface area contributed by atoms with Crippen molar-refractivity contribution in [2.24, 2.45) is 23.5 Å².